The van der Waals surface area contributed by atoms with Gasteiger partial charge in [0, 0.05) is 8.95 Å². The summed E-state index contributed by atoms with van der Waals surface area (Å²) in [6, 6.07) is 12.3. The summed E-state index contributed by atoms with van der Waals surface area (Å²) in [7, 11) is 1.68. The molecule has 1 atom stereocenters. The highest BCUT2D eigenvalue weighted by Crippen LogP contribution is 2.35. The Balaban J connectivity index is 2.04. The van der Waals surface area contributed by atoms with Crippen molar-refractivity contribution in [2.45, 2.75) is 25.1 Å². The highest BCUT2D eigenvalue weighted by molar-refractivity contribution is 9.11. The van der Waals surface area contributed by atoms with Crippen LogP contribution in [0.5, 0.6) is 5.75 Å². The molecule has 0 spiro atoms. The fourth-order valence-electron chi connectivity index (χ4n) is 2.14. The molecule has 21 heavy (non-hydrogen) atoms. The molecule has 0 fully saturated rings. The molecule has 4 heteroatoms. The number of benzene rings is 2. The van der Waals surface area contributed by atoms with Crippen molar-refractivity contribution in [3.8, 4) is 5.75 Å². The van der Waals surface area contributed by atoms with Crippen LogP contribution < -0.4 is 4.74 Å². The molecule has 0 radical (unpaired) electrons. The summed E-state index contributed by atoms with van der Waals surface area (Å²) >= 11 is 13.7. The second kappa shape index (κ2) is 7.66. The van der Waals surface area contributed by atoms with Crippen LogP contribution in [-0.2, 0) is 6.42 Å². The molecule has 0 saturated carbocycles. The van der Waals surface area contributed by atoms with Gasteiger partial charge in [0.25, 0.3) is 0 Å². The first kappa shape index (κ1) is 16.9. The first-order chi connectivity index (χ1) is 10.0. The number of rotatable bonds is 5. The highest BCUT2D eigenvalue weighted by Gasteiger charge is 2.13. The third kappa shape index (κ3) is 4.48. The zero-order valence-electron chi connectivity index (χ0n) is 12.0. The molecule has 0 aliphatic rings. The van der Waals surface area contributed by atoms with E-state index in [2.05, 4.69) is 63.0 Å². The van der Waals surface area contributed by atoms with E-state index in [4.69, 9.17) is 16.3 Å². The van der Waals surface area contributed by atoms with Crippen LogP contribution in [0.4, 0.5) is 0 Å². The van der Waals surface area contributed by atoms with Crippen LogP contribution in [0.1, 0.15) is 28.5 Å². The number of ether oxygens (including phenoxy) is 1. The van der Waals surface area contributed by atoms with Crippen LogP contribution in [0.2, 0.25) is 0 Å². The lowest BCUT2D eigenvalue weighted by Gasteiger charge is -2.14. The molecule has 2 aromatic rings. The summed E-state index contributed by atoms with van der Waals surface area (Å²) in [5.41, 5.74) is 3.59. The minimum absolute atomic E-state index is 0.0154. The Labute approximate surface area is 147 Å². The van der Waals surface area contributed by atoms with Crippen molar-refractivity contribution in [1.29, 1.82) is 0 Å². The quantitative estimate of drug-likeness (QED) is 0.494. The minimum atomic E-state index is -0.0154. The number of hydrogen-bond donors (Lipinski definition) is 0. The Kier molecular flexibility index (Phi) is 6.15. The molecule has 112 valence electrons. The SMILES string of the molecule is COc1ccc(CCC(Cl)c2cc(Br)c(C)cc2Br)cc1. The van der Waals surface area contributed by atoms with Crippen LogP contribution >= 0.6 is 43.5 Å². The molecule has 0 N–H and O–H groups in total. The molecule has 0 amide bonds. The number of hydrogen-bond acceptors (Lipinski definition) is 1. The van der Waals surface area contributed by atoms with E-state index in [1.165, 1.54) is 11.1 Å². The predicted octanol–water partition coefficient (Wildman–Crippen LogP) is 6.44. The molecule has 0 saturated heterocycles. The summed E-state index contributed by atoms with van der Waals surface area (Å²) in [5, 5.41) is -0.0154. The van der Waals surface area contributed by atoms with Gasteiger partial charge in [-0.3, -0.25) is 0 Å². The van der Waals surface area contributed by atoms with Crippen LogP contribution in [0, 0.1) is 6.92 Å². The first-order valence-electron chi connectivity index (χ1n) is 6.74. The van der Waals surface area contributed by atoms with E-state index in [1.807, 2.05) is 12.1 Å². The van der Waals surface area contributed by atoms with Crippen molar-refractivity contribution in [2.75, 3.05) is 7.11 Å². The standard InChI is InChI=1S/C17H17Br2ClO/c1-11-9-16(19)14(10-15(11)18)17(20)8-5-12-3-6-13(21-2)7-4-12/h3-4,6-7,9-10,17H,5,8H2,1-2H3. The Morgan fingerprint density at radius 3 is 2.38 bits per heavy atom. The third-order valence-electron chi connectivity index (χ3n) is 3.46. The van der Waals surface area contributed by atoms with Crippen molar-refractivity contribution in [3.63, 3.8) is 0 Å². The van der Waals surface area contributed by atoms with E-state index >= 15 is 0 Å². The predicted molar refractivity (Wildman–Crippen MR) is 96.5 cm³/mol. The van der Waals surface area contributed by atoms with Crippen molar-refractivity contribution in [1.82, 2.24) is 0 Å². The van der Waals surface area contributed by atoms with Crippen molar-refractivity contribution in [2.24, 2.45) is 0 Å². The number of alkyl halides is 1. The summed E-state index contributed by atoms with van der Waals surface area (Å²) in [5.74, 6) is 0.881. The molecule has 1 nitrogen and oxygen atoms in total. The molecular formula is C17H17Br2ClO. The number of aryl methyl sites for hydroxylation is 2. The lowest BCUT2D eigenvalue weighted by atomic mass is 10.0. The zero-order valence-corrected chi connectivity index (χ0v) is 15.9. The lowest BCUT2D eigenvalue weighted by molar-refractivity contribution is 0.414. The maximum absolute atomic E-state index is 6.57. The minimum Gasteiger partial charge on any atom is -0.497 e. The molecule has 0 aromatic heterocycles. The third-order valence-corrected chi connectivity index (χ3v) is 5.46. The largest absolute Gasteiger partial charge is 0.497 e. The van der Waals surface area contributed by atoms with Gasteiger partial charge in [-0.2, -0.15) is 0 Å². The van der Waals surface area contributed by atoms with Crippen LogP contribution in [-0.4, -0.2) is 7.11 Å². The van der Waals surface area contributed by atoms with Crippen molar-refractivity contribution in [3.05, 3.63) is 62.0 Å². The Morgan fingerprint density at radius 1 is 1.10 bits per heavy atom. The molecule has 0 aliphatic heterocycles. The van der Waals surface area contributed by atoms with E-state index < -0.39 is 0 Å². The van der Waals surface area contributed by atoms with Crippen LogP contribution in [0.15, 0.2) is 45.3 Å². The Morgan fingerprint density at radius 2 is 1.76 bits per heavy atom. The van der Waals surface area contributed by atoms with Crippen LogP contribution in [0.3, 0.4) is 0 Å². The van der Waals surface area contributed by atoms with Gasteiger partial charge < -0.3 is 4.74 Å². The topological polar surface area (TPSA) is 9.23 Å². The fourth-order valence-corrected chi connectivity index (χ4v) is 3.66. The molecule has 0 bridgehead atoms. The highest BCUT2D eigenvalue weighted by atomic mass is 79.9. The molecule has 0 aliphatic carbocycles. The maximum Gasteiger partial charge on any atom is 0.118 e. The van der Waals surface area contributed by atoms with Gasteiger partial charge in [-0.25, -0.2) is 0 Å². The Bertz CT molecular complexity index is 611. The lowest BCUT2D eigenvalue weighted by Crippen LogP contribution is -1.96. The van der Waals surface area contributed by atoms with Gasteiger partial charge in [-0.05, 0) is 60.7 Å². The average molecular weight is 433 g/mol. The fraction of sp³-hybridized carbons (Fsp3) is 0.294. The monoisotopic (exact) mass is 430 g/mol. The van der Waals surface area contributed by atoms with E-state index in [9.17, 15) is 0 Å². The molecule has 2 aromatic carbocycles. The van der Waals surface area contributed by atoms with Crippen molar-refractivity contribution < 1.29 is 4.74 Å². The van der Waals surface area contributed by atoms with Gasteiger partial charge in [0.1, 0.15) is 5.75 Å². The van der Waals surface area contributed by atoms with E-state index in [0.717, 1.165) is 33.1 Å². The number of halogens is 3. The Hall–Kier alpha value is -0.510. The molecular weight excluding hydrogens is 415 g/mol. The summed E-state index contributed by atoms with van der Waals surface area (Å²) in [6.45, 7) is 2.07. The van der Waals surface area contributed by atoms with E-state index in [-0.39, 0.29) is 5.38 Å². The van der Waals surface area contributed by atoms with Crippen LogP contribution in [0.25, 0.3) is 0 Å². The summed E-state index contributed by atoms with van der Waals surface area (Å²) < 4.78 is 7.33. The normalized spacial score (nSPS) is 12.2. The van der Waals surface area contributed by atoms with Gasteiger partial charge in [-0.15, -0.1) is 11.6 Å². The molecule has 2 rings (SSSR count). The average Bonchev–Trinajstić information content (AvgIpc) is 2.49. The smallest absolute Gasteiger partial charge is 0.118 e. The summed E-state index contributed by atoms with van der Waals surface area (Å²) in [6.07, 6.45) is 1.83. The van der Waals surface area contributed by atoms with Crippen molar-refractivity contribution >= 4 is 43.5 Å². The maximum atomic E-state index is 6.57. The van der Waals surface area contributed by atoms with Gasteiger partial charge >= 0.3 is 0 Å². The van der Waals surface area contributed by atoms with Gasteiger partial charge in [0.05, 0.1) is 12.5 Å². The van der Waals surface area contributed by atoms with Gasteiger partial charge in [-0.1, -0.05) is 44.0 Å². The van der Waals surface area contributed by atoms with Gasteiger partial charge in [0.15, 0.2) is 0 Å². The second-order valence-corrected chi connectivity index (χ2v) is 7.21. The summed E-state index contributed by atoms with van der Waals surface area (Å²) in [4.78, 5) is 0. The molecule has 0 heterocycles. The second-order valence-electron chi connectivity index (χ2n) is 4.98. The zero-order chi connectivity index (χ0) is 15.4. The van der Waals surface area contributed by atoms with E-state index in [0.29, 0.717) is 0 Å². The number of methoxy groups -OCH3 is 1. The van der Waals surface area contributed by atoms with E-state index in [1.54, 1.807) is 7.11 Å². The first-order valence-corrected chi connectivity index (χ1v) is 8.76. The molecule has 1 unspecified atom stereocenters. The van der Waals surface area contributed by atoms with Gasteiger partial charge in [0.2, 0.25) is 0 Å².